The van der Waals surface area contributed by atoms with Gasteiger partial charge in [-0.1, -0.05) is 19.4 Å². The van der Waals surface area contributed by atoms with Crippen LogP contribution in [0.3, 0.4) is 0 Å². The summed E-state index contributed by atoms with van der Waals surface area (Å²) >= 11 is 0. The summed E-state index contributed by atoms with van der Waals surface area (Å²) in [7, 11) is 1.56. The molecule has 3 heterocycles. The van der Waals surface area contributed by atoms with Crippen molar-refractivity contribution >= 4 is 34.6 Å². The highest BCUT2D eigenvalue weighted by Gasteiger charge is 2.23. The SMILES string of the molecule is CCCCNc1nc(N)nc2c(C)nn(Cc3ccc(C(=O)N4CCNC(=O)C4)cc3OC)c12. The summed E-state index contributed by atoms with van der Waals surface area (Å²) in [5.74, 6) is 1.04. The zero-order chi connectivity index (χ0) is 24.2. The Morgan fingerprint density at radius 2 is 2.15 bits per heavy atom. The maximum Gasteiger partial charge on any atom is 0.254 e. The monoisotopic (exact) mass is 466 g/mol. The van der Waals surface area contributed by atoms with Crippen LogP contribution in [0.5, 0.6) is 5.75 Å². The third-order valence-corrected chi connectivity index (χ3v) is 5.78. The first kappa shape index (κ1) is 23.3. The van der Waals surface area contributed by atoms with E-state index in [1.165, 1.54) is 4.90 Å². The van der Waals surface area contributed by atoms with Crippen molar-refractivity contribution in [2.45, 2.75) is 33.2 Å². The Kier molecular flexibility index (Phi) is 6.80. The van der Waals surface area contributed by atoms with Crippen molar-refractivity contribution in [3.63, 3.8) is 0 Å². The zero-order valence-corrected chi connectivity index (χ0v) is 19.7. The van der Waals surface area contributed by atoms with Gasteiger partial charge < -0.3 is 26.0 Å². The predicted octanol–water partition coefficient (Wildman–Crippen LogP) is 1.56. The molecule has 11 nitrogen and oxygen atoms in total. The number of nitrogens with zero attached hydrogens (tertiary/aromatic N) is 5. The number of anilines is 2. The highest BCUT2D eigenvalue weighted by Crippen LogP contribution is 2.28. The largest absolute Gasteiger partial charge is 0.496 e. The summed E-state index contributed by atoms with van der Waals surface area (Å²) in [6.07, 6.45) is 2.06. The van der Waals surface area contributed by atoms with E-state index in [9.17, 15) is 9.59 Å². The third-order valence-electron chi connectivity index (χ3n) is 5.78. The lowest BCUT2D eigenvalue weighted by molar-refractivity contribution is -0.123. The topological polar surface area (TPSA) is 140 Å². The smallest absolute Gasteiger partial charge is 0.254 e. The molecule has 34 heavy (non-hydrogen) atoms. The van der Waals surface area contributed by atoms with Crippen LogP contribution in [0.25, 0.3) is 11.0 Å². The van der Waals surface area contributed by atoms with Crippen LogP contribution in [-0.4, -0.2) is 69.8 Å². The van der Waals surface area contributed by atoms with Gasteiger partial charge in [0.2, 0.25) is 11.9 Å². The van der Waals surface area contributed by atoms with E-state index in [0.717, 1.165) is 36.2 Å². The van der Waals surface area contributed by atoms with Gasteiger partial charge in [0.1, 0.15) is 16.8 Å². The molecular formula is C23H30N8O3. The molecule has 1 fully saturated rings. The van der Waals surface area contributed by atoms with Gasteiger partial charge in [0.25, 0.3) is 5.91 Å². The Balaban J connectivity index is 1.65. The lowest BCUT2D eigenvalue weighted by Crippen LogP contribution is -2.49. The van der Waals surface area contributed by atoms with Crippen LogP contribution in [-0.2, 0) is 11.3 Å². The fourth-order valence-electron chi connectivity index (χ4n) is 4.03. The van der Waals surface area contributed by atoms with E-state index in [1.807, 2.05) is 17.7 Å². The van der Waals surface area contributed by atoms with Gasteiger partial charge in [-0.2, -0.15) is 10.1 Å². The van der Waals surface area contributed by atoms with Gasteiger partial charge in [0, 0.05) is 30.8 Å². The van der Waals surface area contributed by atoms with Crippen LogP contribution in [0.15, 0.2) is 18.2 Å². The summed E-state index contributed by atoms with van der Waals surface area (Å²) in [6, 6.07) is 5.30. The molecule has 4 rings (SSSR count). The van der Waals surface area contributed by atoms with Crippen molar-refractivity contribution in [2.24, 2.45) is 0 Å². The van der Waals surface area contributed by atoms with Crippen molar-refractivity contribution in [1.29, 1.82) is 0 Å². The molecule has 11 heteroatoms. The number of methoxy groups -OCH3 is 1. The number of fused-ring (bicyclic) bond motifs is 1. The number of hydrogen-bond acceptors (Lipinski definition) is 8. The van der Waals surface area contributed by atoms with Crippen molar-refractivity contribution in [3.05, 3.63) is 35.0 Å². The third kappa shape index (κ3) is 4.73. The number of carbonyl (C=O) groups excluding carboxylic acids is 2. The minimum Gasteiger partial charge on any atom is -0.496 e. The number of nitrogens with two attached hydrogens (primary N) is 1. The fourth-order valence-corrected chi connectivity index (χ4v) is 4.03. The van der Waals surface area contributed by atoms with Crippen LogP contribution in [0.2, 0.25) is 0 Å². The van der Waals surface area contributed by atoms with Crippen LogP contribution >= 0.6 is 0 Å². The normalized spacial score (nSPS) is 13.7. The molecule has 3 aromatic rings. The number of nitrogens with one attached hydrogen (secondary N) is 2. The number of benzene rings is 1. The van der Waals surface area contributed by atoms with Crippen LogP contribution in [0.4, 0.5) is 11.8 Å². The molecule has 1 aromatic carbocycles. The van der Waals surface area contributed by atoms with Gasteiger partial charge in [0.15, 0.2) is 5.82 Å². The molecule has 0 atom stereocenters. The lowest BCUT2D eigenvalue weighted by Gasteiger charge is -2.27. The number of rotatable bonds is 8. The maximum atomic E-state index is 12.9. The van der Waals surface area contributed by atoms with Crippen molar-refractivity contribution in [3.8, 4) is 5.75 Å². The summed E-state index contributed by atoms with van der Waals surface area (Å²) in [5, 5.41) is 10.8. The Morgan fingerprint density at radius 3 is 2.88 bits per heavy atom. The van der Waals surface area contributed by atoms with E-state index in [0.29, 0.717) is 42.3 Å². The van der Waals surface area contributed by atoms with Crippen molar-refractivity contribution in [1.82, 2.24) is 30.0 Å². The van der Waals surface area contributed by atoms with Crippen LogP contribution < -0.4 is 21.1 Å². The molecule has 0 unspecified atom stereocenters. The fraction of sp³-hybridized carbons (Fsp3) is 0.435. The summed E-state index contributed by atoms with van der Waals surface area (Å²) in [6.45, 7) is 6.15. The standard InChI is InChI=1S/C23H30N8O3/c1-4-5-8-26-21-20-19(27-23(24)28-21)14(2)29-31(20)12-16-7-6-15(11-17(16)34-3)22(33)30-10-9-25-18(32)13-30/h6-7,11H,4-5,8-10,12-13H2,1-3H3,(H,25,32)(H3,24,26,27,28). The van der Waals surface area contributed by atoms with Crippen molar-refractivity contribution < 1.29 is 14.3 Å². The summed E-state index contributed by atoms with van der Waals surface area (Å²) in [5.41, 5.74) is 9.46. The Labute approximate surface area is 197 Å². The molecule has 2 aromatic heterocycles. The van der Waals surface area contributed by atoms with Crippen molar-refractivity contribution in [2.75, 3.05) is 44.3 Å². The molecule has 180 valence electrons. The number of nitrogen functional groups attached to an aromatic ring is 1. The van der Waals surface area contributed by atoms with E-state index in [-0.39, 0.29) is 24.3 Å². The maximum absolute atomic E-state index is 12.9. The number of piperazine rings is 1. The first-order chi connectivity index (χ1) is 16.4. The predicted molar refractivity (Wildman–Crippen MR) is 129 cm³/mol. The molecule has 0 aliphatic carbocycles. The number of unbranched alkanes of at least 4 members (excludes halogenated alkanes) is 1. The molecule has 1 aliphatic rings. The first-order valence-electron chi connectivity index (χ1n) is 11.4. The molecule has 1 saturated heterocycles. The second-order valence-electron chi connectivity index (χ2n) is 8.25. The second kappa shape index (κ2) is 9.94. The van der Waals surface area contributed by atoms with E-state index in [1.54, 1.807) is 19.2 Å². The first-order valence-corrected chi connectivity index (χ1v) is 11.4. The quantitative estimate of drug-likeness (QED) is 0.425. The lowest BCUT2D eigenvalue weighted by atomic mass is 10.1. The molecule has 2 amide bonds. The van der Waals surface area contributed by atoms with Gasteiger partial charge in [-0.05, 0) is 25.5 Å². The molecule has 0 spiro atoms. The van der Waals surface area contributed by atoms with Gasteiger partial charge in [-0.3, -0.25) is 14.3 Å². The average molecular weight is 467 g/mol. The van der Waals surface area contributed by atoms with Gasteiger partial charge >= 0.3 is 0 Å². The van der Waals surface area contributed by atoms with E-state index >= 15 is 0 Å². The number of ether oxygens (including phenoxy) is 1. The minimum atomic E-state index is -0.202. The summed E-state index contributed by atoms with van der Waals surface area (Å²) < 4.78 is 7.43. The highest BCUT2D eigenvalue weighted by atomic mass is 16.5. The molecule has 1 aliphatic heterocycles. The number of hydrogen-bond donors (Lipinski definition) is 3. The Bertz CT molecular complexity index is 1220. The van der Waals surface area contributed by atoms with E-state index < -0.39 is 0 Å². The highest BCUT2D eigenvalue weighted by molar-refractivity contribution is 5.97. The molecule has 0 bridgehead atoms. The van der Waals surface area contributed by atoms with E-state index in [4.69, 9.17) is 10.5 Å². The average Bonchev–Trinajstić information content (AvgIpc) is 3.13. The molecule has 0 saturated carbocycles. The van der Waals surface area contributed by atoms with Gasteiger partial charge in [-0.25, -0.2) is 4.98 Å². The zero-order valence-electron chi connectivity index (χ0n) is 19.7. The minimum absolute atomic E-state index is 0.0540. The van der Waals surface area contributed by atoms with E-state index in [2.05, 4.69) is 32.6 Å². The van der Waals surface area contributed by atoms with Crippen LogP contribution in [0, 0.1) is 6.92 Å². The number of aromatic nitrogens is 4. The van der Waals surface area contributed by atoms with Crippen LogP contribution in [0.1, 0.15) is 41.4 Å². The number of carbonyl (C=O) groups is 2. The Morgan fingerprint density at radius 1 is 1.32 bits per heavy atom. The van der Waals surface area contributed by atoms with Gasteiger partial charge in [0.05, 0.1) is 25.9 Å². The van der Waals surface area contributed by atoms with Gasteiger partial charge in [-0.15, -0.1) is 0 Å². The second-order valence-corrected chi connectivity index (χ2v) is 8.25. The summed E-state index contributed by atoms with van der Waals surface area (Å²) in [4.78, 5) is 34.9. The molecule has 0 radical (unpaired) electrons. The number of amides is 2. The molecular weight excluding hydrogens is 436 g/mol. The Hall–Kier alpha value is -3.89. The number of aryl methyl sites for hydroxylation is 1. The molecule has 4 N–H and O–H groups in total.